The number of carbonyl (C=O) groups excluding carboxylic acids is 1. The third-order valence-corrected chi connectivity index (χ3v) is 2.95. The molecule has 2 heterocycles. The van der Waals surface area contributed by atoms with Gasteiger partial charge in [-0.15, -0.1) is 0 Å². The molecule has 2 fully saturated rings. The zero-order valence-corrected chi connectivity index (χ0v) is 9.87. The van der Waals surface area contributed by atoms with Gasteiger partial charge in [0.15, 0.2) is 0 Å². The zero-order valence-electron chi connectivity index (χ0n) is 9.87. The summed E-state index contributed by atoms with van der Waals surface area (Å²) >= 11 is 0. The van der Waals surface area contributed by atoms with Gasteiger partial charge in [0.05, 0.1) is 12.1 Å². The second-order valence-corrected chi connectivity index (χ2v) is 5.60. The van der Waals surface area contributed by atoms with E-state index in [9.17, 15) is 4.79 Å². The van der Waals surface area contributed by atoms with Crippen LogP contribution in [-0.4, -0.2) is 41.4 Å². The van der Waals surface area contributed by atoms with Crippen molar-refractivity contribution in [3.63, 3.8) is 0 Å². The van der Waals surface area contributed by atoms with E-state index in [1.165, 1.54) is 0 Å². The highest BCUT2D eigenvalue weighted by Crippen LogP contribution is 2.43. The van der Waals surface area contributed by atoms with Crippen LogP contribution in [0.25, 0.3) is 0 Å². The third-order valence-electron chi connectivity index (χ3n) is 2.95. The quantitative estimate of drug-likeness (QED) is 0.576. The Labute approximate surface area is 90.5 Å². The van der Waals surface area contributed by atoms with E-state index < -0.39 is 5.60 Å². The first-order valence-electron chi connectivity index (χ1n) is 5.46. The van der Waals surface area contributed by atoms with Crippen LogP contribution in [0.1, 0.15) is 34.1 Å². The number of piperidine rings is 1. The van der Waals surface area contributed by atoms with Gasteiger partial charge in [-0.1, -0.05) is 0 Å². The van der Waals surface area contributed by atoms with E-state index in [4.69, 9.17) is 9.47 Å². The van der Waals surface area contributed by atoms with Crippen LogP contribution >= 0.6 is 0 Å². The van der Waals surface area contributed by atoms with Crippen LogP contribution in [0.4, 0.5) is 4.79 Å². The molecule has 0 radical (unpaired) electrons. The minimum atomic E-state index is -0.414. The molecule has 2 aliphatic heterocycles. The molecule has 0 aromatic heterocycles. The van der Waals surface area contributed by atoms with Gasteiger partial charge in [0.25, 0.3) is 0 Å². The van der Waals surface area contributed by atoms with Crippen LogP contribution < -0.4 is 0 Å². The molecule has 0 aliphatic carbocycles. The fourth-order valence-electron chi connectivity index (χ4n) is 1.88. The van der Waals surface area contributed by atoms with Crippen molar-refractivity contribution in [1.29, 1.82) is 0 Å². The summed E-state index contributed by atoms with van der Waals surface area (Å²) in [6.45, 7) is 9.16. The molecule has 0 unspecified atom stereocenters. The van der Waals surface area contributed by atoms with E-state index in [-0.39, 0.29) is 17.8 Å². The minimum Gasteiger partial charge on any atom is -0.444 e. The molecule has 2 rings (SSSR count). The Morgan fingerprint density at radius 1 is 1.53 bits per heavy atom. The van der Waals surface area contributed by atoms with Crippen LogP contribution in [0.5, 0.6) is 0 Å². The summed E-state index contributed by atoms with van der Waals surface area (Å²) in [5.74, 6) is 0. The molecule has 86 valence electrons. The summed E-state index contributed by atoms with van der Waals surface area (Å²) in [4.78, 5) is 13.5. The van der Waals surface area contributed by atoms with Crippen molar-refractivity contribution in [3.05, 3.63) is 0 Å². The highest BCUT2D eigenvalue weighted by atomic mass is 16.6. The number of carbonyl (C=O) groups is 1. The predicted octanol–water partition coefficient (Wildman–Crippen LogP) is 1.78. The van der Waals surface area contributed by atoms with E-state index in [1.54, 1.807) is 4.90 Å². The maximum atomic E-state index is 11.7. The molecule has 4 heteroatoms. The number of nitrogens with zero attached hydrogens (tertiary/aromatic N) is 1. The number of ether oxygens (including phenoxy) is 2. The molecule has 0 aromatic carbocycles. The van der Waals surface area contributed by atoms with Crippen LogP contribution in [0.3, 0.4) is 0 Å². The number of hydrogen-bond acceptors (Lipinski definition) is 3. The average molecular weight is 213 g/mol. The largest absolute Gasteiger partial charge is 0.444 e. The Balaban J connectivity index is 1.88. The predicted molar refractivity (Wildman–Crippen MR) is 55.7 cm³/mol. The maximum Gasteiger partial charge on any atom is 0.410 e. The second kappa shape index (κ2) is 3.11. The molecule has 2 saturated heterocycles. The van der Waals surface area contributed by atoms with Crippen molar-refractivity contribution in [2.45, 2.75) is 51.4 Å². The van der Waals surface area contributed by atoms with Crippen LogP contribution in [0, 0.1) is 0 Å². The Morgan fingerprint density at radius 3 is 2.73 bits per heavy atom. The van der Waals surface area contributed by atoms with E-state index in [2.05, 4.69) is 6.92 Å². The van der Waals surface area contributed by atoms with E-state index >= 15 is 0 Å². The lowest BCUT2D eigenvalue weighted by molar-refractivity contribution is 0.0220. The summed E-state index contributed by atoms with van der Waals surface area (Å²) in [5, 5.41) is 0. The highest BCUT2D eigenvalue weighted by molar-refractivity contribution is 5.68. The molecule has 0 spiro atoms. The molecule has 0 saturated carbocycles. The summed E-state index contributed by atoms with van der Waals surface area (Å²) in [6, 6.07) is 0. The van der Waals surface area contributed by atoms with Gasteiger partial charge in [-0.25, -0.2) is 4.79 Å². The molecule has 0 aromatic rings. The average Bonchev–Trinajstić information content (AvgIpc) is 2.71. The smallest absolute Gasteiger partial charge is 0.410 e. The molecule has 1 amide bonds. The summed E-state index contributed by atoms with van der Waals surface area (Å²) in [5.41, 5.74) is -0.374. The summed E-state index contributed by atoms with van der Waals surface area (Å²) in [6.07, 6.45) is 0.913. The Kier molecular flexibility index (Phi) is 2.23. The first-order chi connectivity index (χ1) is 6.80. The monoisotopic (exact) mass is 213 g/mol. The van der Waals surface area contributed by atoms with Gasteiger partial charge in [-0.2, -0.15) is 0 Å². The lowest BCUT2D eigenvalue weighted by Gasteiger charge is -2.29. The van der Waals surface area contributed by atoms with Crippen LogP contribution in [-0.2, 0) is 9.47 Å². The minimum absolute atomic E-state index is 0.0402. The van der Waals surface area contributed by atoms with Gasteiger partial charge in [-0.05, 0) is 34.1 Å². The van der Waals surface area contributed by atoms with Gasteiger partial charge in [0.2, 0.25) is 0 Å². The Bertz CT molecular complexity index is 284. The number of fused-ring (bicyclic) bond motifs is 1. The van der Waals surface area contributed by atoms with Crippen molar-refractivity contribution in [2.75, 3.05) is 13.1 Å². The van der Waals surface area contributed by atoms with Crippen LogP contribution in [0.2, 0.25) is 0 Å². The zero-order chi connectivity index (χ0) is 11.3. The molecule has 2 aliphatic rings. The van der Waals surface area contributed by atoms with Gasteiger partial charge >= 0.3 is 6.09 Å². The van der Waals surface area contributed by atoms with E-state index in [1.807, 2.05) is 20.8 Å². The molecule has 15 heavy (non-hydrogen) atoms. The maximum absolute atomic E-state index is 11.7. The number of rotatable bonds is 0. The van der Waals surface area contributed by atoms with Crippen LogP contribution in [0.15, 0.2) is 0 Å². The SMILES string of the molecule is CC(C)(C)OC(=O)N1CC[C@]2(C)O[C@@H]2C1. The van der Waals surface area contributed by atoms with Gasteiger partial charge < -0.3 is 14.4 Å². The van der Waals surface area contributed by atoms with Crippen molar-refractivity contribution in [3.8, 4) is 0 Å². The van der Waals surface area contributed by atoms with Crippen molar-refractivity contribution < 1.29 is 14.3 Å². The molecular formula is C11H19NO3. The van der Waals surface area contributed by atoms with Crippen molar-refractivity contribution in [1.82, 2.24) is 4.90 Å². The topological polar surface area (TPSA) is 42.1 Å². The number of epoxide rings is 1. The molecular weight excluding hydrogens is 194 g/mol. The van der Waals surface area contributed by atoms with Gasteiger partial charge in [0, 0.05) is 6.54 Å². The van der Waals surface area contributed by atoms with Crippen molar-refractivity contribution in [2.24, 2.45) is 0 Å². The normalized spacial score (nSPS) is 34.7. The van der Waals surface area contributed by atoms with Gasteiger partial charge in [-0.3, -0.25) is 0 Å². The van der Waals surface area contributed by atoms with Crippen molar-refractivity contribution >= 4 is 6.09 Å². The molecule has 0 bridgehead atoms. The first-order valence-corrected chi connectivity index (χ1v) is 5.46. The lowest BCUT2D eigenvalue weighted by Crippen LogP contribution is -2.44. The fraction of sp³-hybridized carbons (Fsp3) is 0.909. The molecule has 0 N–H and O–H groups in total. The molecule has 2 atom stereocenters. The van der Waals surface area contributed by atoms with E-state index in [0.29, 0.717) is 6.54 Å². The second-order valence-electron chi connectivity index (χ2n) is 5.60. The third kappa shape index (κ3) is 2.25. The standard InChI is InChI=1S/C11H19NO3/c1-10(2,3)15-9(13)12-6-5-11(4)8(7-12)14-11/h8H,5-7H2,1-4H3/t8-,11+/m1/s1. The van der Waals surface area contributed by atoms with E-state index in [0.717, 1.165) is 13.0 Å². The summed E-state index contributed by atoms with van der Waals surface area (Å²) in [7, 11) is 0. The molecule has 4 nitrogen and oxygen atoms in total. The number of amides is 1. The Hall–Kier alpha value is -0.770. The first kappa shape index (κ1) is 10.7. The number of likely N-dealkylation sites (tertiary alicyclic amines) is 1. The lowest BCUT2D eigenvalue weighted by atomic mass is 9.99. The summed E-state index contributed by atoms with van der Waals surface area (Å²) < 4.78 is 10.8. The number of hydrogen-bond donors (Lipinski definition) is 0. The fourth-order valence-corrected chi connectivity index (χ4v) is 1.88. The van der Waals surface area contributed by atoms with Gasteiger partial charge in [0.1, 0.15) is 11.7 Å². The highest BCUT2D eigenvalue weighted by Gasteiger charge is 2.56. The Morgan fingerprint density at radius 2 is 2.20 bits per heavy atom.